The van der Waals surface area contributed by atoms with E-state index in [9.17, 15) is 4.79 Å². The third-order valence-electron chi connectivity index (χ3n) is 2.36. The summed E-state index contributed by atoms with van der Waals surface area (Å²) in [6, 6.07) is 7.26. The van der Waals surface area contributed by atoms with Gasteiger partial charge in [-0.3, -0.25) is 4.79 Å². The van der Waals surface area contributed by atoms with Crippen LogP contribution in [0.4, 0.5) is 5.69 Å². The zero-order chi connectivity index (χ0) is 10.1. The van der Waals surface area contributed by atoms with E-state index >= 15 is 0 Å². The molecule has 1 aromatic carbocycles. The Morgan fingerprint density at radius 2 is 2.14 bits per heavy atom. The van der Waals surface area contributed by atoms with E-state index in [2.05, 4.69) is 10.4 Å². The fraction of sp³-hybridized carbons (Fsp3) is 0.200. The topological polar surface area (TPSA) is 67.5 Å². The number of hydrogen-bond acceptors (Lipinski definition) is 4. The molecule has 1 atom stereocenters. The highest BCUT2D eigenvalue weighted by atomic mass is 16.1. The molecule has 0 radical (unpaired) electrons. The Labute approximate surface area is 81.8 Å². The number of nitrogens with zero attached hydrogens (tertiary/aromatic N) is 1. The highest BCUT2D eigenvalue weighted by Gasteiger charge is 2.26. The molecule has 4 heteroatoms. The summed E-state index contributed by atoms with van der Waals surface area (Å²) < 4.78 is 0. The number of carbonyl (C=O) groups excluding carboxylic acids is 1. The lowest BCUT2D eigenvalue weighted by molar-refractivity contribution is 0.0958. The minimum Gasteiger partial charge on any atom is -0.311 e. The molecule has 0 aliphatic carbocycles. The molecule has 0 saturated heterocycles. The van der Waals surface area contributed by atoms with Gasteiger partial charge in [0.25, 0.3) is 0 Å². The van der Waals surface area contributed by atoms with Crippen LogP contribution in [0.3, 0.4) is 0 Å². The summed E-state index contributed by atoms with van der Waals surface area (Å²) in [5.41, 5.74) is 3.80. The van der Waals surface area contributed by atoms with Crippen molar-refractivity contribution >= 4 is 17.3 Å². The zero-order valence-electron chi connectivity index (χ0n) is 7.82. The van der Waals surface area contributed by atoms with Crippen LogP contribution in [0.1, 0.15) is 17.3 Å². The monoisotopic (exact) mass is 189 g/mol. The quantitative estimate of drug-likeness (QED) is 0.473. The molecule has 1 aliphatic rings. The Morgan fingerprint density at radius 1 is 1.43 bits per heavy atom. The van der Waals surface area contributed by atoms with Crippen molar-refractivity contribution in [2.75, 3.05) is 0 Å². The van der Waals surface area contributed by atoms with E-state index in [0.717, 1.165) is 0 Å². The van der Waals surface area contributed by atoms with E-state index in [1.165, 1.54) is 0 Å². The number of benzene rings is 1. The van der Waals surface area contributed by atoms with Gasteiger partial charge in [0.15, 0.2) is 5.78 Å². The van der Waals surface area contributed by atoms with Crippen molar-refractivity contribution < 1.29 is 4.79 Å². The van der Waals surface area contributed by atoms with Gasteiger partial charge in [-0.15, -0.1) is 0 Å². The number of fused-ring (bicyclic) bond motifs is 1. The van der Waals surface area contributed by atoms with E-state index in [4.69, 9.17) is 5.84 Å². The second-order valence-corrected chi connectivity index (χ2v) is 3.24. The first-order chi connectivity index (χ1) is 6.74. The molecule has 14 heavy (non-hydrogen) atoms. The maximum atomic E-state index is 11.8. The Morgan fingerprint density at radius 3 is 2.86 bits per heavy atom. The molecule has 72 valence electrons. The fourth-order valence-electron chi connectivity index (χ4n) is 1.52. The summed E-state index contributed by atoms with van der Waals surface area (Å²) in [5, 5.41) is 0. The van der Waals surface area contributed by atoms with E-state index in [1.807, 2.05) is 12.1 Å². The summed E-state index contributed by atoms with van der Waals surface area (Å²) in [6.07, 6.45) is 0. The molecular weight excluding hydrogens is 178 g/mol. The lowest BCUT2D eigenvalue weighted by atomic mass is 9.94. The van der Waals surface area contributed by atoms with Crippen molar-refractivity contribution in [3.8, 4) is 0 Å². The largest absolute Gasteiger partial charge is 0.311 e. The molecule has 0 amide bonds. The summed E-state index contributed by atoms with van der Waals surface area (Å²) in [4.78, 5) is 16.1. The van der Waals surface area contributed by atoms with Crippen LogP contribution in [0.5, 0.6) is 0 Å². The number of hydrogen-bond donors (Lipinski definition) is 2. The molecule has 0 fully saturated rings. The van der Waals surface area contributed by atoms with Gasteiger partial charge in [0.1, 0.15) is 5.84 Å². The molecule has 0 saturated carbocycles. The molecular formula is C10H11N3O. The van der Waals surface area contributed by atoms with Crippen molar-refractivity contribution in [1.29, 1.82) is 0 Å². The molecule has 4 nitrogen and oxygen atoms in total. The van der Waals surface area contributed by atoms with Gasteiger partial charge in [0.05, 0.1) is 11.6 Å². The van der Waals surface area contributed by atoms with Gasteiger partial charge in [-0.05, 0) is 19.1 Å². The molecule has 2 rings (SSSR count). The predicted molar refractivity (Wildman–Crippen MR) is 54.4 cm³/mol. The second kappa shape index (κ2) is 3.23. The van der Waals surface area contributed by atoms with Crippen molar-refractivity contribution in [1.82, 2.24) is 5.43 Å². The van der Waals surface area contributed by atoms with Crippen LogP contribution >= 0.6 is 0 Å². The van der Waals surface area contributed by atoms with Gasteiger partial charge in [0.2, 0.25) is 0 Å². The lowest BCUT2D eigenvalue weighted by Crippen LogP contribution is -2.39. The van der Waals surface area contributed by atoms with E-state index in [1.54, 1.807) is 19.1 Å². The van der Waals surface area contributed by atoms with E-state index in [0.29, 0.717) is 17.1 Å². The first-order valence-electron chi connectivity index (χ1n) is 4.42. The minimum atomic E-state index is -0.283. The summed E-state index contributed by atoms with van der Waals surface area (Å²) in [7, 11) is 0. The number of hydrazine groups is 1. The molecule has 0 spiro atoms. The molecule has 1 aliphatic heterocycles. The van der Waals surface area contributed by atoms with Crippen molar-refractivity contribution in [2.24, 2.45) is 16.8 Å². The zero-order valence-corrected chi connectivity index (χ0v) is 7.82. The normalized spacial score (nSPS) is 20.0. The molecule has 1 heterocycles. The number of nitrogens with one attached hydrogen (secondary N) is 1. The van der Waals surface area contributed by atoms with Gasteiger partial charge in [0, 0.05) is 5.56 Å². The number of aliphatic imine (C=N–C) groups is 1. The predicted octanol–water partition coefficient (Wildman–Crippen LogP) is 1.01. The minimum absolute atomic E-state index is 0.0588. The number of rotatable bonds is 0. The Bertz CT molecular complexity index is 412. The average Bonchev–Trinajstić information content (AvgIpc) is 2.23. The number of para-hydroxylation sites is 1. The Balaban J connectivity index is 2.57. The van der Waals surface area contributed by atoms with Crippen molar-refractivity contribution in [3.63, 3.8) is 0 Å². The van der Waals surface area contributed by atoms with Crippen molar-refractivity contribution in [3.05, 3.63) is 29.8 Å². The second-order valence-electron chi connectivity index (χ2n) is 3.24. The van der Waals surface area contributed by atoms with Crippen LogP contribution < -0.4 is 11.3 Å². The van der Waals surface area contributed by atoms with Crippen LogP contribution in [0.2, 0.25) is 0 Å². The first kappa shape index (κ1) is 8.90. The Kier molecular flexibility index (Phi) is 2.05. The van der Waals surface area contributed by atoms with Gasteiger partial charge in [-0.2, -0.15) is 0 Å². The number of ketones is 1. The maximum absolute atomic E-state index is 11.8. The number of Topliss-reactive ketones (excluding diaryl/α,β-unsaturated/α-hetero) is 1. The third kappa shape index (κ3) is 1.20. The highest BCUT2D eigenvalue weighted by Crippen LogP contribution is 2.27. The van der Waals surface area contributed by atoms with Crippen LogP contribution in [-0.2, 0) is 0 Å². The van der Waals surface area contributed by atoms with Crippen molar-refractivity contribution in [2.45, 2.75) is 6.92 Å². The van der Waals surface area contributed by atoms with Gasteiger partial charge in [-0.25, -0.2) is 10.8 Å². The van der Waals surface area contributed by atoms with E-state index in [-0.39, 0.29) is 11.7 Å². The van der Waals surface area contributed by atoms with E-state index < -0.39 is 0 Å². The first-order valence-corrected chi connectivity index (χ1v) is 4.42. The molecule has 1 unspecified atom stereocenters. The van der Waals surface area contributed by atoms with Crippen LogP contribution in [-0.4, -0.2) is 11.6 Å². The van der Waals surface area contributed by atoms with Gasteiger partial charge in [-0.1, -0.05) is 12.1 Å². The number of carbonyl (C=O) groups is 1. The lowest BCUT2D eigenvalue weighted by Gasteiger charge is -2.19. The summed E-state index contributed by atoms with van der Waals surface area (Å²) >= 11 is 0. The van der Waals surface area contributed by atoms with Gasteiger partial charge < -0.3 is 5.43 Å². The number of amidine groups is 1. The third-order valence-corrected chi connectivity index (χ3v) is 2.36. The average molecular weight is 189 g/mol. The summed E-state index contributed by atoms with van der Waals surface area (Å²) in [5.74, 6) is 5.58. The molecule has 0 aromatic heterocycles. The number of nitrogens with two attached hydrogens (primary N) is 1. The maximum Gasteiger partial charge on any atom is 0.175 e. The SMILES string of the molecule is CC1C(=O)c2ccccc2N=C1NN. The van der Waals surface area contributed by atoms with Gasteiger partial charge >= 0.3 is 0 Å². The fourth-order valence-corrected chi connectivity index (χ4v) is 1.52. The van der Waals surface area contributed by atoms with Crippen LogP contribution in [0.15, 0.2) is 29.3 Å². The van der Waals surface area contributed by atoms with Crippen LogP contribution in [0, 0.1) is 5.92 Å². The molecule has 1 aromatic rings. The summed E-state index contributed by atoms with van der Waals surface area (Å²) in [6.45, 7) is 1.79. The standard InChI is InChI=1S/C10H11N3O/c1-6-9(14)7-4-2-3-5-8(7)12-10(6)13-11/h2-6H,11H2,1H3,(H,12,13). The van der Waals surface area contributed by atoms with Crippen LogP contribution in [0.25, 0.3) is 0 Å². The molecule has 3 N–H and O–H groups in total. The highest BCUT2D eigenvalue weighted by molar-refractivity contribution is 6.16. The molecule has 0 bridgehead atoms. The Hall–Kier alpha value is -1.68. The smallest absolute Gasteiger partial charge is 0.175 e.